The van der Waals surface area contributed by atoms with E-state index in [0.29, 0.717) is 45.5 Å². The molecule has 1 aliphatic heterocycles. The number of methoxy groups -OCH3 is 1. The molecule has 34 heavy (non-hydrogen) atoms. The van der Waals surface area contributed by atoms with Gasteiger partial charge in [0, 0.05) is 40.8 Å². The molecule has 0 unspecified atom stereocenters. The van der Waals surface area contributed by atoms with E-state index in [1.54, 1.807) is 30.3 Å². The van der Waals surface area contributed by atoms with Gasteiger partial charge in [0.05, 0.1) is 12.7 Å². The van der Waals surface area contributed by atoms with Gasteiger partial charge in [0.2, 0.25) is 0 Å². The average Bonchev–Trinajstić information content (AvgIpc) is 2.84. The van der Waals surface area contributed by atoms with Crippen LogP contribution in [-0.4, -0.2) is 30.6 Å². The normalized spacial score (nSPS) is 11.0. The molecule has 0 fully saturated rings. The lowest BCUT2D eigenvalue weighted by Gasteiger charge is -2.18. The molecule has 4 rings (SSSR count). The Hall–Kier alpha value is -4.13. The van der Waals surface area contributed by atoms with E-state index in [9.17, 15) is 19.5 Å². The quantitative estimate of drug-likeness (QED) is 0.229. The summed E-state index contributed by atoms with van der Waals surface area (Å²) in [6.45, 7) is 2.65. The molecule has 7 heteroatoms. The summed E-state index contributed by atoms with van der Waals surface area (Å²) in [5.74, 6) is -0.521. The minimum Gasteiger partial charge on any atom is -0.508 e. The first-order valence-electron chi connectivity index (χ1n) is 11.1. The van der Waals surface area contributed by atoms with Crippen LogP contribution in [0.25, 0.3) is 33.4 Å². The SMILES string of the molecule is CCCCCNC(=O)c1ccc(C(=O)OC)c(-c2c3ccc(=O)cc-3oc3cc(O)ccc23)c1. The number of ether oxygens (including phenoxy) is 1. The summed E-state index contributed by atoms with van der Waals surface area (Å²) in [6.07, 6.45) is 2.95. The molecule has 0 aromatic heterocycles. The number of fused-ring (bicyclic) bond motifs is 2. The number of unbranched alkanes of at least 4 members (excludes halogenated alkanes) is 2. The average molecular weight is 459 g/mol. The molecule has 7 nitrogen and oxygen atoms in total. The predicted octanol–water partition coefficient (Wildman–Crippen LogP) is 4.98. The first-order chi connectivity index (χ1) is 16.4. The summed E-state index contributed by atoms with van der Waals surface area (Å²) >= 11 is 0. The third kappa shape index (κ3) is 4.50. The number of nitrogens with one attached hydrogen (secondary N) is 1. The lowest BCUT2D eigenvalue weighted by Crippen LogP contribution is -2.24. The fourth-order valence-electron chi connectivity index (χ4n) is 4.01. The Morgan fingerprint density at radius 2 is 1.82 bits per heavy atom. The molecule has 0 atom stereocenters. The molecule has 0 radical (unpaired) electrons. The number of esters is 1. The first kappa shape index (κ1) is 23.0. The Morgan fingerprint density at radius 1 is 1.00 bits per heavy atom. The van der Waals surface area contributed by atoms with Gasteiger partial charge >= 0.3 is 5.97 Å². The second kappa shape index (κ2) is 9.79. The number of benzene rings is 3. The molecule has 174 valence electrons. The lowest BCUT2D eigenvalue weighted by molar-refractivity contribution is 0.0601. The zero-order chi connectivity index (χ0) is 24.2. The number of phenolic OH excluding ortho intramolecular Hbond substituents is 1. The summed E-state index contributed by atoms with van der Waals surface area (Å²) in [5.41, 5.74) is 2.39. The van der Waals surface area contributed by atoms with Crippen molar-refractivity contribution >= 4 is 22.8 Å². The van der Waals surface area contributed by atoms with Crippen LogP contribution in [0.2, 0.25) is 0 Å². The van der Waals surface area contributed by atoms with Crippen molar-refractivity contribution in [1.29, 1.82) is 0 Å². The molecule has 0 saturated carbocycles. The van der Waals surface area contributed by atoms with Crippen molar-refractivity contribution in [3.05, 3.63) is 75.9 Å². The van der Waals surface area contributed by atoms with Gasteiger partial charge in [-0.25, -0.2) is 4.79 Å². The Kier molecular flexibility index (Phi) is 6.63. The molecule has 0 spiro atoms. The van der Waals surface area contributed by atoms with Crippen LogP contribution in [0.4, 0.5) is 0 Å². The standard InChI is InChI=1S/C27H25NO6/c1-3-4-5-12-28-26(31)16-6-9-19(27(32)33-2)22(13-16)25-20-10-7-17(29)14-23(20)34-24-15-18(30)8-11-21(24)25/h6-11,13-15,29H,3-5,12H2,1-2H3,(H,28,31). The number of aromatic hydroxyl groups is 1. The van der Waals surface area contributed by atoms with Gasteiger partial charge in [0.1, 0.15) is 17.1 Å². The van der Waals surface area contributed by atoms with Crippen molar-refractivity contribution in [1.82, 2.24) is 5.32 Å². The van der Waals surface area contributed by atoms with E-state index < -0.39 is 5.97 Å². The van der Waals surface area contributed by atoms with E-state index in [2.05, 4.69) is 12.2 Å². The van der Waals surface area contributed by atoms with Crippen LogP contribution in [-0.2, 0) is 4.74 Å². The highest BCUT2D eigenvalue weighted by molar-refractivity contribution is 6.09. The van der Waals surface area contributed by atoms with Crippen molar-refractivity contribution in [3.8, 4) is 28.2 Å². The number of phenols is 1. The van der Waals surface area contributed by atoms with E-state index in [1.165, 1.54) is 31.4 Å². The van der Waals surface area contributed by atoms with Gasteiger partial charge in [0.15, 0.2) is 5.43 Å². The van der Waals surface area contributed by atoms with Gasteiger partial charge in [-0.3, -0.25) is 9.59 Å². The largest absolute Gasteiger partial charge is 0.508 e. The molecule has 2 N–H and O–H groups in total. The number of carbonyl (C=O) groups excluding carboxylic acids is 2. The Labute approximate surface area is 196 Å². The highest BCUT2D eigenvalue weighted by Crippen LogP contribution is 2.42. The van der Waals surface area contributed by atoms with Crippen LogP contribution in [0.5, 0.6) is 5.75 Å². The van der Waals surface area contributed by atoms with Crippen molar-refractivity contribution in [2.45, 2.75) is 26.2 Å². The smallest absolute Gasteiger partial charge is 0.338 e. The summed E-state index contributed by atoms with van der Waals surface area (Å²) in [5, 5.41) is 13.5. The predicted molar refractivity (Wildman–Crippen MR) is 129 cm³/mol. The van der Waals surface area contributed by atoms with Crippen LogP contribution in [0, 0.1) is 0 Å². The Bertz CT molecular complexity index is 1400. The molecular weight excluding hydrogens is 434 g/mol. The summed E-state index contributed by atoms with van der Waals surface area (Å²) in [6, 6.07) is 13.8. The van der Waals surface area contributed by atoms with Crippen molar-refractivity contribution < 1.29 is 23.8 Å². The van der Waals surface area contributed by atoms with Crippen molar-refractivity contribution in [2.75, 3.05) is 13.7 Å². The fourth-order valence-corrected chi connectivity index (χ4v) is 4.01. The first-order valence-corrected chi connectivity index (χ1v) is 11.1. The van der Waals surface area contributed by atoms with E-state index in [-0.39, 0.29) is 22.6 Å². The van der Waals surface area contributed by atoms with E-state index in [4.69, 9.17) is 9.15 Å². The number of hydrogen-bond acceptors (Lipinski definition) is 6. The molecule has 2 aromatic carbocycles. The number of carbonyl (C=O) groups is 2. The molecular formula is C27H25NO6. The van der Waals surface area contributed by atoms with Crippen LogP contribution in [0.1, 0.15) is 46.9 Å². The third-order valence-corrected chi connectivity index (χ3v) is 5.70. The van der Waals surface area contributed by atoms with Crippen LogP contribution in [0.15, 0.2) is 63.8 Å². The van der Waals surface area contributed by atoms with Gasteiger partial charge in [-0.05, 0) is 54.4 Å². The highest BCUT2D eigenvalue weighted by Gasteiger charge is 2.23. The van der Waals surface area contributed by atoms with Gasteiger partial charge in [0.25, 0.3) is 5.91 Å². The van der Waals surface area contributed by atoms with Crippen LogP contribution in [0.3, 0.4) is 0 Å². The second-order valence-electron chi connectivity index (χ2n) is 8.03. The zero-order valence-corrected chi connectivity index (χ0v) is 19.0. The maximum atomic E-state index is 12.8. The maximum Gasteiger partial charge on any atom is 0.338 e. The lowest BCUT2D eigenvalue weighted by atomic mass is 9.89. The van der Waals surface area contributed by atoms with Crippen molar-refractivity contribution in [2.24, 2.45) is 0 Å². The van der Waals surface area contributed by atoms with Gasteiger partial charge in [-0.2, -0.15) is 0 Å². The number of hydrogen-bond donors (Lipinski definition) is 2. The van der Waals surface area contributed by atoms with Gasteiger partial charge < -0.3 is 19.6 Å². The molecule has 0 saturated heterocycles. The summed E-state index contributed by atoms with van der Waals surface area (Å²) in [7, 11) is 1.29. The molecule has 0 bridgehead atoms. The monoisotopic (exact) mass is 459 g/mol. The van der Waals surface area contributed by atoms with E-state index in [1.807, 2.05) is 0 Å². The van der Waals surface area contributed by atoms with Gasteiger partial charge in [-0.15, -0.1) is 0 Å². The minimum absolute atomic E-state index is 0.00627. The van der Waals surface area contributed by atoms with E-state index in [0.717, 1.165) is 19.3 Å². The van der Waals surface area contributed by atoms with Crippen molar-refractivity contribution in [3.63, 3.8) is 0 Å². The highest BCUT2D eigenvalue weighted by atomic mass is 16.5. The van der Waals surface area contributed by atoms with E-state index >= 15 is 0 Å². The maximum absolute atomic E-state index is 12.8. The second-order valence-corrected chi connectivity index (χ2v) is 8.03. The third-order valence-electron chi connectivity index (χ3n) is 5.70. The fraction of sp³-hybridized carbons (Fsp3) is 0.222. The summed E-state index contributed by atoms with van der Waals surface area (Å²) < 4.78 is 10.9. The minimum atomic E-state index is -0.564. The van der Waals surface area contributed by atoms with Crippen LogP contribution < -0.4 is 10.7 Å². The molecule has 1 heterocycles. The summed E-state index contributed by atoms with van der Waals surface area (Å²) in [4.78, 5) is 37.5. The number of rotatable bonds is 7. The molecule has 1 amide bonds. The number of amides is 1. The topological polar surface area (TPSA) is 106 Å². The Balaban J connectivity index is 1.96. The van der Waals surface area contributed by atoms with Crippen LogP contribution >= 0.6 is 0 Å². The van der Waals surface area contributed by atoms with Gasteiger partial charge in [-0.1, -0.05) is 19.8 Å². The molecule has 1 aliphatic carbocycles. The molecule has 2 aromatic rings. The Morgan fingerprint density at radius 3 is 2.59 bits per heavy atom. The molecule has 2 aliphatic rings. The zero-order valence-electron chi connectivity index (χ0n) is 19.0.